The van der Waals surface area contributed by atoms with Crippen LogP contribution in [0.15, 0.2) is 285 Å². The molecule has 11 aromatic rings. The van der Waals surface area contributed by atoms with Gasteiger partial charge in [-0.15, -0.1) is 0 Å². The van der Waals surface area contributed by atoms with Crippen LogP contribution in [0.1, 0.15) is 44.5 Å². The topological polar surface area (TPSA) is 3.24 Å². The second-order valence-corrected chi connectivity index (χ2v) is 18.3. The van der Waals surface area contributed by atoms with E-state index in [1.165, 1.54) is 83.5 Å². The second-order valence-electron chi connectivity index (χ2n) is 18.3. The van der Waals surface area contributed by atoms with Crippen molar-refractivity contribution in [3.8, 4) is 44.5 Å². The van der Waals surface area contributed by atoms with Crippen LogP contribution in [-0.2, 0) is 10.8 Å². The normalized spacial score (nSPS) is 13.4. The average Bonchev–Trinajstić information content (AvgIpc) is 3.90. The zero-order valence-corrected chi connectivity index (χ0v) is 38.1. The van der Waals surface area contributed by atoms with Gasteiger partial charge in [0.25, 0.3) is 0 Å². The Morgan fingerprint density at radius 3 is 1.12 bits per heavy atom. The first kappa shape index (κ1) is 40.5. The molecule has 1 heteroatoms. The van der Waals surface area contributed by atoms with Crippen molar-refractivity contribution in [2.75, 3.05) is 4.90 Å². The zero-order chi connectivity index (χ0) is 45.8. The van der Waals surface area contributed by atoms with Crippen molar-refractivity contribution in [1.82, 2.24) is 0 Å². The number of nitrogens with zero attached hydrogens (tertiary/aromatic N) is 1. The third-order valence-corrected chi connectivity index (χ3v) is 14.8. The molecule has 0 spiro atoms. The predicted octanol–water partition coefficient (Wildman–Crippen LogP) is 17.2. The van der Waals surface area contributed by atoms with Crippen LogP contribution < -0.4 is 4.90 Å². The Hall–Kier alpha value is -8.78. The summed E-state index contributed by atoms with van der Waals surface area (Å²) in [6.45, 7) is 0. The summed E-state index contributed by atoms with van der Waals surface area (Å²) in [4.78, 5) is 2.49. The highest BCUT2D eigenvalue weighted by Crippen LogP contribution is 2.59. The molecule has 13 rings (SSSR count). The molecule has 0 saturated carbocycles. The highest BCUT2D eigenvalue weighted by Gasteiger charge is 2.48. The Labute approximate surface area is 404 Å². The first-order valence-electron chi connectivity index (χ1n) is 24.0. The van der Waals surface area contributed by atoms with Gasteiger partial charge < -0.3 is 4.90 Å². The maximum absolute atomic E-state index is 2.49. The molecule has 2 aliphatic carbocycles. The van der Waals surface area contributed by atoms with Crippen LogP contribution in [0.25, 0.3) is 44.5 Å². The quantitative estimate of drug-likeness (QED) is 0.140. The first-order chi connectivity index (χ1) is 34.2. The molecule has 324 valence electrons. The van der Waals surface area contributed by atoms with Gasteiger partial charge in [0, 0.05) is 17.1 Å². The van der Waals surface area contributed by atoms with Gasteiger partial charge in [-0.1, -0.05) is 249 Å². The third kappa shape index (κ3) is 6.24. The monoisotopic (exact) mass is 877 g/mol. The van der Waals surface area contributed by atoms with Gasteiger partial charge in [0.2, 0.25) is 0 Å². The molecule has 1 nitrogen and oxygen atoms in total. The van der Waals surface area contributed by atoms with Gasteiger partial charge in [-0.3, -0.25) is 0 Å². The molecule has 69 heavy (non-hydrogen) atoms. The maximum atomic E-state index is 2.49. The van der Waals surface area contributed by atoms with Crippen LogP contribution in [0.2, 0.25) is 0 Å². The van der Waals surface area contributed by atoms with Crippen LogP contribution in [0.4, 0.5) is 17.1 Å². The van der Waals surface area contributed by atoms with Crippen molar-refractivity contribution < 1.29 is 0 Å². The molecule has 0 unspecified atom stereocenters. The minimum atomic E-state index is -0.547. The summed E-state index contributed by atoms with van der Waals surface area (Å²) in [5.74, 6) is 0. The Morgan fingerprint density at radius 1 is 0.203 bits per heavy atom. The van der Waals surface area contributed by atoms with E-state index < -0.39 is 10.8 Å². The molecule has 0 atom stereocenters. The van der Waals surface area contributed by atoms with Crippen molar-refractivity contribution in [3.63, 3.8) is 0 Å². The third-order valence-electron chi connectivity index (χ3n) is 14.8. The predicted molar refractivity (Wildman–Crippen MR) is 287 cm³/mol. The van der Waals surface area contributed by atoms with Gasteiger partial charge in [0.1, 0.15) is 0 Å². The summed E-state index contributed by atoms with van der Waals surface area (Å²) in [6.07, 6.45) is 0. The largest absolute Gasteiger partial charge is 0.310 e. The summed E-state index contributed by atoms with van der Waals surface area (Å²) < 4.78 is 0. The van der Waals surface area contributed by atoms with E-state index in [1.54, 1.807) is 0 Å². The lowest BCUT2D eigenvalue weighted by Crippen LogP contribution is -2.29. The molecular formula is C68H47N. The number of fused-ring (bicyclic) bond motifs is 6. The highest BCUT2D eigenvalue weighted by molar-refractivity contribution is 5.94. The van der Waals surface area contributed by atoms with Gasteiger partial charge in [-0.2, -0.15) is 0 Å². The molecule has 0 radical (unpaired) electrons. The maximum Gasteiger partial charge on any atom is 0.0714 e. The van der Waals surface area contributed by atoms with E-state index in [2.05, 4.69) is 290 Å². The second kappa shape index (κ2) is 16.5. The van der Waals surface area contributed by atoms with Crippen molar-refractivity contribution in [2.24, 2.45) is 0 Å². The molecule has 0 heterocycles. The average molecular weight is 878 g/mol. The fraction of sp³-hybridized carbons (Fsp3) is 0.0294. The Balaban J connectivity index is 1.08. The van der Waals surface area contributed by atoms with Crippen molar-refractivity contribution >= 4 is 17.1 Å². The van der Waals surface area contributed by atoms with Crippen LogP contribution in [0.5, 0.6) is 0 Å². The van der Waals surface area contributed by atoms with Crippen molar-refractivity contribution in [2.45, 2.75) is 10.8 Å². The minimum absolute atomic E-state index is 0.497. The number of benzene rings is 11. The fourth-order valence-corrected chi connectivity index (χ4v) is 12.0. The van der Waals surface area contributed by atoms with E-state index in [9.17, 15) is 0 Å². The molecule has 0 amide bonds. The van der Waals surface area contributed by atoms with E-state index in [1.807, 2.05) is 0 Å². The summed E-state index contributed by atoms with van der Waals surface area (Å²) in [5, 5.41) is 0. The standard InChI is InChI=1S/C68H47N/c1-6-23-48(24-7-1)57-35-16-17-36-58(57)49-25-22-34-54(45-49)69(55-42-44-65-62(46-55)60-38-19-21-40-64(60)67(65,50-26-8-2-9-27-50)51-28-10-3-11-29-51)56-41-43-61-59-37-18-20-39-63(59)68(66(61)47-56,52-30-12-4-13-31-52)53-32-14-5-15-33-53/h1-47H. The molecule has 0 N–H and O–H groups in total. The SMILES string of the molecule is c1ccc(-c2ccccc2-c2cccc(N(c3ccc4c(c3)-c3ccccc3C4(c3ccccc3)c3ccccc3)c3ccc4c(c3)C(c3ccccc3)(c3ccccc3)c3ccccc3-4)c2)cc1. The minimum Gasteiger partial charge on any atom is -0.310 e. The zero-order valence-electron chi connectivity index (χ0n) is 38.1. The van der Waals surface area contributed by atoms with Crippen LogP contribution >= 0.6 is 0 Å². The van der Waals surface area contributed by atoms with E-state index in [0.717, 1.165) is 22.6 Å². The molecule has 0 aromatic heterocycles. The number of anilines is 3. The van der Waals surface area contributed by atoms with E-state index >= 15 is 0 Å². The van der Waals surface area contributed by atoms with Gasteiger partial charge in [-0.05, 0) is 125 Å². The van der Waals surface area contributed by atoms with E-state index in [-0.39, 0.29) is 0 Å². The van der Waals surface area contributed by atoms with Gasteiger partial charge in [0.05, 0.1) is 10.8 Å². The molecule has 0 bridgehead atoms. The first-order valence-corrected chi connectivity index (χ1v) is 24.0. The number of hydrogen-bond donors (Lipinski definition) is 0. The summed E-state index contributed by atoms with van der Waals surface area (Å²) in [5.41, 5.74) is 22.2. The summed E-state index contributed by atoms with van der Waals surface area (Å²) in [7, 11) is 0. The Bertz CT molecular complexity index is 3570. The van der Waals surface area contributed by atoms with Crippen LogP contribution in [0.3, 0.4) is 0 Å². The summed E-state index contributed by atoms with van der Waals surface area (Å²) >= 11 is 0. The van der Waals surface area contributed by atoms with Gasteiger partial charge in [-0.25, -0.2) is 0 Å². The lowest BCUT2D eigenvalue weighted by Gasteiger charge is -2.35. The van der Waals surface area contributed by atoms with Crippen molar-refractivity contribution in [3.05, 3.63) is 330 Å². The number of rotatable bonds is 9. The Morgan fingerprint density at radius 2 is 0.565 bits per heavy atom. The molecular weight excluding hydrogens is 831 g/mol. The Kier molecular flexibility index (Phi) is 9.70. The molecule has 2 aliphatic rings. The smallest absolute Gasteiger partial charge is 0.0714 e. The molecule has 11 aromatic carbocycles. The number of hydrogen-bond acceptors (Lipinski definition) is 1. The molecule has 0 saturated heterocycles. The molecule has 0 aliphatic heterocycles. The summed E-state index contributed by atoms with van der Waals surface area (Å²) in [6, 6.07) is 106. The van der Waals surface area contributed by atoms with Crippen LogP contribution in [-0.4, -0.2) is 0 Å². The fourth-order valence-electron chi connectivity index (χ4n) is 12.0. The highest BCUT2D eigenvalue weighted by atomic mass is 15.1. The van der Waals surface area contributed by atoms with E-state index in [4.69, 9.17) is 0 Å². The van der Waals surface area contributed by atoms with E-state index in [0.29, 0.717) is 0 Å². The van der Waals surface area contributed by atoms with Crippen LogP contribution in [0, 0.1) is 0 Å². The van der Waals surface area contributed by atoms with Gasteiger partial charge >= 0.3 is 0 Å². The lowest BCUT2D eigenvalue weighted by molar-refractivity contribution is 0.768. The lowest BCUT2D eigenvalue weighted by atomic mass is 9.67. The molecule has 0 fully saturated rings. The van der Waals surface area contributed by atoms with Gasteiger partial charge in [0.15, 0.2) is 0 Å². The van der Waals surface area contributed by atoms with Crippen molar-refractivity contribution in [1.29, 1.82) is 0 Å².